The van der Waals surface area contributed by atoms with Crippen LogP contribution in [0.1, 0.15) is 44.9 Å². The van der Waals surface area contributed by atoms with Crippen LogP contribution in [-0.2, 0) is 9.47 Å². The van der Waals surface area contributed by atoms with Crippen molar-refractivity contribution in [2.24, 2.45) is 11.8 Å². The summed E-state index contributed by atoms with van der Waals surface area (Å²) < 4.78 is 11.3. The molecule has 1 heterocycles. The van der Waals surface area contributed by atoms with Crippen LogP contribution in [0.2, 0.25) is 0 Å². The zero-order valence-electron chi connectivity index (χ0n) is 10.9. The molecule has 2 aliphatic rings. The summed E-state index contributed by atoms with van der Waals surface area (Å²) >= 11 is 0. The highest BCUT2D eigenvalue weighted by atomic mass is 16.5. The molecule has 100 valence electrons. The SMILES string of the molecule is COC1(C(NN)C2CCCCC2)CCOCC1. The first-order valence-electron chi connectivity index (χ1n) is 6.91. The average molecular weight is 242 g/mol. The lowest BCUT2D eigenvalue weighted by atomic mass is 9.74. The Morgan fingerprint density at radius 2 is 1.88 bits per heavy atom. The molecule has 2 rings (SSSR count). The number of nitrogens with two attached hydrogens (primary N) is 1. The van der Waals surface area contributed by atoms with Crippen LogP contribution < -0.4 is 11.3 Å². The van der Waals surface area contributed by atoms with Crippen molar-refractivity contribution in [1.29, 1.82) is 0 Å². The van der Waals surface area contributed by atoms with Crippen LogP contribution in [0.25, 0.3) is 0 Å². The van der Waals surface area contributed by atoms with Gasteiger partial charge in [0, 0.05) is 33.2 Å². The van der Waals surface area contributed by atoms with Crippen LogP contribution >= 0.6 is 0 Å². The fourth-order valence-corrected chi connectivity index (χ4v) is 3.54. The lowest BCUT2D eigenvalue weighted by Gasteiger charge is -2.46. The number of hydrogen-bond donors (Lipinski definition) is 2. The Morgan fingerprint density at radius 1 is 1.24 bits per heavy atom. The summed E-state index contributed by atoms with van der Waals surface area (Å²) in [7, 11) is 1.82. The van der Waals surface area contributed by atoms with Crippen molar-refractivity contribution in [3.05, 3.63) is 0 Å². The van der Waals surface area contributed by atoms with Crippen molar-refractivity contribution in [1.82, 2.24) is 5.43 Å². The molecule has 1 unspecified atom stereocenters. The molecule has 0 bridgehead atoms. The van der Waals surface area contributed by atoms with E-state index in [1.807, 2.05) is 7.11 Å². The molecule has 2 fully saturated rings. The third kappa shape index (κ3) is 2.81. The van der Waals surface area contributed by atoms with Crippen LogP contribution in [0.4, 0.5) is 0 Å². The van der Waals surface area contributed by atoms with Crippen molar-refractivity contribution in [3.8, 4) is 0 Å². The van der Waals surface area contributed by atoms with Gasteiger partial charge in [0.25, 0.3) is 0 Å². The Labute approximate surface area is 104 Å². The molecule has 0 spiro atoms. The van der Waals surface area contributed by atoms with Gasteiger partial charge in [0.05, 0.1) is 11.6 Å². The molecule has 0 amide bonds. The molecule has 1 saturated carbocycles. The molecule has 1 atom stereocenters. The first-order chi connectivity index (χ1) is 8.32. The summed E-state index contributed by atoms with van der Waals surface area (Å²) in [5.41, 5.74) is 2.94. The van der Waals surface area contributed by atoms with E-state index >= 15 is 0 Å². The maximum absolute atomic E-state index is 5.86. The smallest absolute Gasteiger partial charge is 0.0890 e. The molecule has 0 radical (unpaired) electrons. The van der Waals surface area contributed by atoms with Gasteiger partial charge in [-0.25, -0.2) is 0 Å². The highest BCUT2D eigenvalue weighted by molar-refractivity contribution is 4.98. The normalized spacial score (nSPS) is 27.9. The molecule has 0 aromatic heterocycles. The molecule has 1 aliphatic carbocycles. The van der Waals surface area contributed by atoms with E-state index in [4.69, 9.17) is 15.3 Å². The standard InChI is InChI=1S/C13H26N2O2/c1-16-13(7-9-17-10-8-13)12(15-14)11-5-3-2-4-6-11/h11-12,15H,2-10,14H2,1H3. The molecule has 3 N–H and O–H groups in total. The van der Waals surface area contributed by atoms with Crippen LogP contribution in [0.3, 0.4) is 0 Å². The predicted octanol–water partition coefficient (Wildman–Crippen LogP) is 1.59. The number of ether oxygens (including phenoxy) is 2. The van der Waals surface area contributed by atoms with E-state index in [-0.39, 0.29) is 11.6 Å². The van der Waals surface area contributed by atoms with E-state index in [1.54, 1.807) is 0 Å². The maximum atomic E-state index is 5.86. The van der Waals surface area contributed by atoms with Gasteiger partial charge in [-0.1, -0.05) is 19.3 Å². The first kappa shape index (κ1) is 13.3. The van der Waals surface area contributed by atoms with E-state index in [0.717, 1.165) is 26.1 Å². The minimum atomic E-state index is -0.116. The Morgan fingerprint density at radius 3 is 2.41 bits per heavy atom. The number of nitrogens with one attached hydrogen (secondary N) is 1. The van der Waals surface area contributed by atoms with Gasteiger partial charge in [0.2, 0.25) is 0 Å². The van der Waals surface area contributed by atoms with Gasteiger partial charge in [-0.2, -0.15) is 0 Å². The quantitative estimate of drug-likeness (QED) is 0.581. The first-order valence-corrected chi connectivity index (χ1v) is 6.91. The third-order valence-electron chi connectivity index (χ3n) is 4.61. The monoisotopic (exact) mass is 242 g/mol. The van der Waals surface area contributed by atoms with Gasteiger partial charge in [0.15, 0.2) is 0 Å². The number of hydrazine groups is 1. The Hall–Kier alpha value is -0.160. The third-order valence-corrected chi connectivity index (χ3v) is 4.61. The highest BCUT2D eigenvalue weighted by Gasteiger charge is 2.44. The van der Waals surface area contributed by atoms with Gasteiger partial charge >= 0.3 is 0 Å². The fourth-order valence-electron chi connectivity index (χ4n) is 3.54. The molecule has 1 aliphatic heterocycles. The zero-order valence-corrected chi connectivity index (χ0v) is 10.9. The summed E-state index contributed by atoms with van der Waals surface area (Å²) in [6.07, 6.45) is 8.50. The van der Waals surface area contributed by atoms with Gasteiger partial charge in [-0.3, -0.25) is 11.3 Å². The van der Waals surface area contributed by atoms with E-state index in [9.17, 15) is 0 Å². The second-order valence-electron chi connectivity index (χ2n) is 5.42. The molecule has 17 heavy (non-hydrogen) atoms. The summed E-state index contributed by atoms with van der Waals surface area (Å²) in [4.78, 5) is 0. The molecule has 0 aromatic carbocycles. The Kier molecular flexibility index (Phi) is 4.79. The number of hydrogen-bond acceptors (Lipinski definition) is 4. The largest absolute Gasteiger partial charge is 0.381 e. The molecular formula is C13H26N2O2. The summed E-state index contributed by atoms with van der Waals surface area (Å²) in [6, 6.07) is 0.275. The van der Waals surface area contributed by atoms with E-state index < -0.39 is 0 Å². The fraction of sp³-hybridized carbons (Fsp3) is 1.00. The summed E-state index contributed by atoms with van der Waals surface area (Å²) in [5, 5.41) is 0. The van der Waals surface area contributed by atoms with Crippen molar-refractivity contribution in [2.75, 3.05) is 20.3 Å². The lowest BCUT2D eigenvalue weighted by Crippen LogP contribution is -2.60. The van der Waals surface area contributed by atoms with Crippen LogP contribution in [0.5, 0.6) is 0 Å². The number of rotatable bonds is 4. The van der Waals surface area contributed by atoms with Gasteiger partial charge < -0.3 is 9.47 Å². The zero-order chi connectivity index (χ0) is 12.1. The molecule has 0 aromatic rings. The summed E-state index contributed by atoms with van der Waals surface area (Å²) in [6.45, 7) is 1.58. The van der Waals surface area contributed by atoms with Gasteiger partial charge in [-0.05, 0) is 18.8 Å². The molecular weight excluding hydrogens is 216 g/mol. The van der Waals surface area contributed by atoms with Crippen LogP contribution in [0, 0.1) is 5.92 Å². The van der Waals surface area contributed by atoms with Crippen molar-refractivity contribution in [3.63, 3.8) is 0 Å². The second kappa shape index (κ2) is 6.14. The topological polar surface area (TPSA) is 56.5 Å². The molecule has 1 saturated heterocycles. The van der Waals surface area contributed by atoms with Crippen molar-refractivity contribution >= 4 is 0 Å². The van der Waals surface area contributed by atoms with Crippen LogP contribution in [-0.4, -0.2) is 32.0 Å². The van der Waals surface area contributed by atoms with E-state index in [1.165, 1.54) is 32.1 Å². The molecule has 4 nitrogen and oxygen atoms in total. The number of methoxy groups -OCH3 is 1. The van der Waals surface area contributed by atoms with Crippen molar-refractivity contribution in [2.45, 2.75) is 56.6 Å². The second-order valence-corrected chi connectivity index (χ2v) is 5.42. The van der Waals surface area contributed by atoms with Gasteiger partial charge in [-0.15, -0.1) is 0 Å². The Balaban J connectivity index is 2.07. The minimum absolute atomic E-state index is 0.116. The van der Waals surface area contributed by atoms with Crippen molar-refractivity contribution < 1.29 is 9.47 Å². The lowest BCUT2D eigenvalue weighted by molar-refractivity contribution is -0.123. The van der Waals surface area contributed by atoms with E-state index in [0.29, 0.717) is 5.92 Å². The Bertz CT molecular complexity index is 223. The van der Waals surface area contributed by atoms with E-state index in [2.05, 4.69) is 5.43 Å². The highest BCUT2D eigenvalue weighted by Crippen LogP contribution is 2.37. The average Bonchev–Trinajstić information content (AvgIpc) is 2.42. The predicted molar refractivity (Wildman–Crippen MR) is 67.5 cm³/mol. The van der Waals surface area contributed by atoms with Gasteiger partial charge in [0.1, 0.15) is 0 Å². The van der Waals surface area contributed by atoms with Crippen LogP contribution in [0.15, 0.2) is 0 Å². The summed E-state index contributed by atoms with van der Waals surface area (Å²) in [5.74, 6) is 6.48. The molecule has 4 heteroatoms. The minimum Gasteiger partial charge on any atom is -0.381 e. The maximum Gasteiger partial charge on any atom is 0.0890 e.